The molecular formula is C59H62F2N10O7. The average molecular weight is 1060 g/mol. The fourth-order valence-electron chi connectivity index (χ4n) is 14.3. The molecule has 3 aromatic carbocycles. The maximum atomic E-state index is 17.2. The molecule has 0 saturated carbocycles. The molecule has 78 heavy (non-hydrogen) atoms. The van der Waals surface area contributed by atoms with E-state index in [2.05, 4.69) is 36.2 Å². The first-order valence-corrected chi connectivity index (χ1v) is 27.9. The average Bonchev–Trinajstić information content (AvgIpc) is 4.26. The van der Waals surface area contributed by atoms with Crippen molar-refractivity contribution in [2.45, 2.75) is 113 Å². The van der Waals surface area contributed by atoms with E-state index in [4.69, 9.17) is 25.9 Å². The van der Waals surface area contributed by atoms with Crippen LogP contribution in [0.1, 0.15) is 115 Å². The number of carbonyl (C=O) groups is 5. The van der Waals surface area contributed by atoms with Crippen LogP contribution in [0.3, 0.4) is 0 Å². The lowest BCUT2D eigenvalue weighted by Gasteiger charge is -2.38. The summed E-state index contributed by atoms with van der Waals surface area (Å²) < 4.78 is 45.0. The van der Waals surface area contributed by atoms with Crippen LogP contribution in [-0.2, 0) is 14.3 Å². The van der Waals surface area contributed by atoms with Crippen molar-refractivity contribution in [3.8, 4) is 29.6 Å². The van der Waals surface area contributed by atoms with E-state index < -0.39 is 41.3 Å². The SMILES string of the molecule is C#Cc1c(F)ccc2cccc(-c3ncc4c(N5C[C@H]6CC[C@@H](C5)N6)nc(OC[C@@]56CCCN5[C@H](COC(=O)N5CCC(CN7CCC(c8ccc9c(c8)C(=O)N(C8CCC(=O)NC8=O)C9=O)CC7)CC5)CC6)nc4c3F)c12. The van der Waals surface area contributed by atoms with E-state index in [0.717, 1.165) is 101 Å². The number of fused-ring (bicyclic) bond motifs is 6. The van der Waals surface area contributed by atoms with Gasteiger partial charge in [-0.05, 0) is 131 Å². The highest BCUT2D eigenvalue weighted by molar-refractivity contribution is 6.23. The van der Waals surface area contributed by atoms with Crippen LogP contribution >= 0.6 is 0 Å². The van der Waals surface area contributed by atoms with Crippen molar-refractivity contribution < 1.29 is 42.2 Å². The zero-order chi connectivity index (χ0) is 53.4. The number of piperidine rings is 3. The predicted octanol–water partition coefficient (Wildman–Crippen LogP) is 6.55. The van der Waals surface area contributed by atoms with Crippen LogP contribution in [0.4, 0.5) is 19.4 Å². The summed E-state index contributed by atoms with van der Waals surface area (Å²) in [5.41, 5.74) is 1.81. The summed E-state index contributed by atoms with van der Waals surface area (Å²) in [7, 11) is 0. The number of terminal acetylenes is 1. The number of piperazine rings is 1. The zero-order valence-corrected chi connectivity index (χ0v) is 43.5. The number of hydrogen-bond acceptors (Lipinski definition) is 14. The lowest BCUT2D eigenvalue weighted by atomic mass is 9.87. The monoisotopic (exact) mass is 1060 g/mol. The van der Waals surface area contributed by atoms with E-state index in [1.54, 1.807) is 30.5 Å². The molecule has 19 heteroatoms. The molecule has 5 atom stereocenters. The van der Waals surface area contributed by atoms with Crippen molar-refractivity contribution in [3.63, 3.8) is 0 Å². The Hall–Kier alpha value is -7.14. The number of nitrogens with one attached hydrogen (secondary N) is 2. The molecule has 5 aromatic rings. The third kappa shape index (κ3) is 8.99. The number of carbonyl (C=O) groups excluding carboxylic acids is 5. The fraction of sp³-hybridized carbons (Fsp3) is 0.492. The number of pyridine rings is 1. The Labute approximate surface area is 450 Å². The smallest absolute Gasteiger partial charge is 0.409 e. The number of likely N-dealkylation sites (tertiary alicyclic amines) is 2. The minimum Gasteiger partial charge on any atom is -0.461 e. The minimum atomic E-state index is -0.987. The number of ether oxygens (including phenoxy) is 2. The predicted molar refractivity (Wildman–Crippen MR) is 285 cm³/mol. The second-order valence-electron chi connectivity index (χ2n) is 22.9. The van der Waals surface area contributed by atoms with Crippen LogP contribution in [0.15, 0.2) is 54.7 Å². The molecule has 1 unspecified atom stereocenters. The number of nitrogens with zero attached hydrogens (tertiary/aromatic N) is 8. The summed E-state index contributed by atoms with van der Waals surface area (Å²) in [4.78, 5) is 88.9. The standard InChI is InChI=1S/C59H62F2N10O7/c1-2-41-46(60)12-8-36-5-3-6-43(49(36)41)51-50(61)52-45(28-62-51)53(69-30-38-9-10-39(31-69)63-38)66-57(65-52)78-33-59-20-4-22-70(59)40(15-21-59)32-77-58(76)68-25-16-34(17-26-68)29-67-23-18-35(19-24-67)37-7-11-42-44(27-37)56(75)71(55(42)74)47-13-14-48(72)64-54(47)73/h1,3,5-8,11-12,27-28,34-35,38-40,47,63H,4,9-10,13-26,29-33H2,(H,64,72,73)/t38-,39+,40-,47?,59-/m0/s1. The Morgan fingerprint density at radius 1 is 0.846 bits per heavy atom. The van der Waals surface area contributed by atoms with Crippen LogP contribution in [0.2, 0.25) is 0 Å². The first kappa shape index (κ1) is 50.4. The van der Waals surface area contributed by atoms with Crippen molar-refractivity contribution in [2.24, 2.45) is 5.92 Å². The highest BCUT2D eigenvalue weighted by atomic mass is 19.1. The van der Waals surface area contributed by atoms with Gasteiger partial charge in [0.25, 0.3) is 11.8 Å². The number of imide groups is 2. The molecule has 2 bridgehead atoms. The van der Waals surface area contributed by atoms with Gasteiger partial charge >= 0.3 is 12.1 Å². The molecule has 5 amide bonds. The number of anilines is 1. The molecule has 2 aromatic heterocycles. The van der Waals surface area contributed by atoms with E-state index >= 15 is 8.78 Å². The Morgan fingerprint density at radius 3 is 2.42 bits per heavy atom. The first-order valence-electron chi connectivity index (χ1n) is 27.9. The van der Waals surface area contributed by atoms with Gasteiger partial charge in [-0.15, -0.1) is 6.42 Å². The maximum Gasteiger partial charge on any atom is 0.409 e. The molecule has 0 aliphatic carbocycles. The number of benzene rings is 3. The van der Waals surface area contributed by atoms with Gasteiger partial charge in [0.2, 0.25) is 11.8 Å². The van der Waals surface area contributed by atoms with Gasteiger partial charge in [0.15, 0.2) is 5.82 Å². The molecule has 10 heterocycles. The van der Waals surface area contributed by atoms with Gasteiger partial charge in [-0.3, -0.25) is 39.3 Å². The number of amides is 5. The van der Waals surface area contributed by atoms with Gasteiger partial charge in [0.1, 0.15) is 42.1 Å². The fourth-order valence-corrected chi connectivity index (χ4v) is 14.3. The second-order valence-corrected chi connectivity index (χ2v) is 22.9. The van der Waals surface area contributed by atoms with Gasteiger partial charge in [-0.25, -0.2) is 13.6 Å². The van der Waals surface area contributed by atoms with Crippen LogP contribution in [0.5, 0.6) is 6.01 Å². The first-order chi connectivity index (χ1) is 37.9. The van der Waals surface area contributed by atoms with Crippen LogP contribution in [-0.4, -0.2) is 160 Å². The summed E-state index contributed by atoms with van der Waals surface area (Å²) in [5, 5.41) is 7.47. The van der Waals surface area contributed by atoms with Gasteiger partial charge in [-0.1, -0.05) is 36.3 Å². The topological polar surface area (TPSA) is 183 Å². The summed E-state index contributed by atoms with van der Waals surface area (Å²) in [6.07, 6.45) is 16.6. The molecule has 0 radical (unpaired) electrons. The summed E-state index contributed by atoms with van der Waals surface area (Å²) in [6, 6.07) is 13.4. The number of hydrogen-bond donors (Lipinski definition) is 2. The van der Waals surface area contributed by atoms with Crippen LogP contribution in [0.25, 0.3) is 32.9 Å². The maximum absolute atomic E-state index is 17.2. The van der Waals surface area contributed by atoms with Crippen molar-refractivity contribution in [3.05, 3.63) is 88.6 Å². The van der Waals surface area contributed by atoms with Gasteiger partial charge in [-0.2, -0.15) is 9.97 Å². The number of aromatic nitrogens is 3. The van der Waals surface area contributed by atoms with E-state index in [9.17, 15) is 24.0 Å². The molecule has 0 spiro atoms. The Bertz CT molecular complexity index is 3330. The Kier molecular flexibility index (Phi) is 13.1. The number of halogens is 2. The third-order valence-electron chi connectivity index (χ3n) is 18.4. The molecule has 404 valence electrons. The van der Waals surface area contributed by atoms with Crippen molar-refractivity contribution in [2.75, 3.05) is 70.5 Å². The van der Waals surface area contributed by atoms with Crippen molar-refractivity contribution in [1.82, 2.24) is 45.2 Å². The minimum absolute atomic E-state index is 0.0115. The van der Waals surface area contributed by atoms with Gasteiger partial charge in [0.05, 0.1) is 27.6 Å². The zero-order valence-electron chi connectivity index (χ0n) is 43.5. The van der Waals surface area contributed by atoms with Crippen LogP contribution < -0.4 is 20.3 Å². The summed E-state index contributed by atoms with van der Waals surface area (Å²) in [5.74, 6) is 0.496. The Morgan fingerprint density at radius 2 is 1.64 bits per heavy atom. The van der Waals surface area contributed by atoms with Gasteiger partial charge in [0, 0.05) is 74.4 Å². The molecule has 7 saturated heterocycles. The largest absolute Gasteiger partial charge is 0.461 e. The van der Waals surface area contributed by atoms with Gasteiger partial charge < -0.3 is 29.5 Å². The van der Waals surface area contributed by atoms with E-state index in [1.807, 2.05) is 23.1 Å². The lowest BCUT2D eigenvalue weighted by Crippen LogP contribution is -2.54. The molecular weight excluding hydrogens is 999 g/mol. The molecule has 8 aliphatic rings. The van der Waals surface area contributed by atoms with Crippen molar-refractivity contribution in [1.29, 1.82) is 0 Å². The van der Waals surface area contributed by atoms with Crippen molar-refractivity contribution >= 4 is 57.2 Å². The third-order valence-corrected chi connectivity index (χ3v) is 18.4. The van der Waals surface area contributed by atoms with E-state index in [-0.39, 0.29) is 84.5 Å². The molecule has 2 N–H and O–H groups in total. The lowest BCUT2D eigenvalue weighted by molar-refractivity contribution is -0.136. The molecule has 8 aliphatic heterocycles. The highest BCUT2D eigenvalue weighted by Gasteiger charge is 2.51. The van der Waals surface area contributed by atoms with Crippen LogP contribution in [0, 0.1) is 29.9 Å². The van der Waals surface area contributed by atoms with E-state index in [0.29, 0.717) is 70.8 Å². The van der Waals surface area contributed by atoms with E-state index in [1.165, 1.54) is 6.07 Å². The highest BCUT2D eigenvalue weighted by Crippen LogP contribution is 2.44. The Balaban J connectivity index is 0.619. The molecule has 13 rings (SSSR count). The number of rotatable bonds is 11. The summed E-state index contributed by atoms with van der Waals surface area (Å²) in [6.45, 7) is 6.84. The summed E-state index contributed by atoms with van der Waals surface area (Å²) >= 11 is 0. The second kappa shape index (κ2) is 20.3. The molecule has 17 nitrogen and oxygen atoms in total. The normalized spacial score (nSPS) is 26.0. The quantitative estimate of drug-likeness (QED) is 0.107. The molecule has 7 fully saturated rings.